The lowest BCUT2D eigenvalue weighted by Gasteiger charge is -2.10. The summed E-state index contributed by atoms with van der Waals surface area (Å²) in [6, 6.07) is 14.7. The number of ether oxygens (including phenoxy) is 1. The van der Waals surface area contributed by atoms with E-state index in [2.05, 4.69) is 10.3 Å². The minimum atomic E-state index is -0.118. The molecule has 1 heterocycles. The lowest BCUT2D eigenvalue weighted by atomic mass is 10.1. The van der Waals surface area contributed by atoms with Gasteiger partial charge in [-0.15, -0.1) is 0 Å². The van der Waals surface area contributed by atoms with E-state index in [1.165, 1.54) is 0 Å². The Morgan fingerprint density at radius 2 is 2.00 bits per heavy atom. The number of amides is 1. The Balaban J connectivity index is 1.85. The van der Waals surface area contributed by atoms with Gasteiger partial charge in [0.15, 0.2) is 0 Å². The fourth-order valence-electron chi connectivity index (χ4n) is 2.36. The van der Waals surface area contributed by atoms with Crippen molar-refractivity contribution >= 4 is 34.1 Å². The Hall–Kier alpha value is -2.59. The lowest BCUT2D eigenvalue weighted by Crippen LogP contribution is -2.15. The van der Waals surface area contributed by atoms with Gasteiger partial charge in [0.2, 0.25) is 5.91 Å². The van der Waals surface area contributed by atoms with Crippen LogP contribution in [0.5, 0.6) is 5.75 Å². The summed E-state index contributed by atoms with van der Waals surface area (Å²) in [5.41, 5.74) is 2.27. The quantitative estimate of drug-likeness (QED) is 0.786. The van der Waals surface area contributed by atoms with Crippen LogP contribution < -0.4 is 10.1 Å². The number of aromatic nitrogens is 1. The van der Waals surface area contributed by atoms with E-state index in [0.717, 1.165) is 16.5 Å². The second kappa shape index (κ2) is 6.67. The van der Waals surface area contributed by atoms with Gasteiger partial charge in [-0.25, -0.2) is 0 Å². The molecule has 23 heavy (non-hydrogen) atoms. The fourth-order valence-corrected chi connectivity index (χ4v) is 2.49. The molecule has 0 atom stereocenters. The highest BCUT2D eigenvalue weighted by Gasteiger charge is 2.10. The number of fused-ring (bicyclic) bond motifs is 1. The average Bonchev–Trinajstić information content (AvgIpc) is 2.56. The summed E-state index contributed by atoms with van der Waals surface area (Å²) in [5.74, 6) is 0.555. The van der Waals surface area contributed by atoms with Crippen molar-refractivity contribution in [2.75, 3.05) is 12.4 Å². The van der Waals surface area contributed by atoms with Crippen molar-refractivity contribution < 1.29 is 9.53 Å². The molecule has 0 spiro atoms. The molecule has 3 aromatic rings. The molecule has 0 aliphatic carbocycles. The van der Waals surface area contributed by atoms with E-state index in [0.29, 0.717) is 16.5 Å². The van der Waals surface area contributed by atoms with E-state index >= 15 is 0 Å². The third-order valence-electron chi connectivity index (χ3n) is 3.47. The molecular formula is C18H15ClN2O2. The molecule has 0 saturated heterocycles. The summed E-state index contributed by atoms with van der Waals surface area (Å²) in [6.07, 6.45) is 1.96. The van der Waals surface area contributed by atoms with Gasteiger partial charge in [0, 0.05) is 22.7 Å². The number of carbonyl (C=O) groups is 1. The highest BCUT2D eigenvalue weighted by molar-refractivity contribution is 6.30. The first-order valence-electron chi connectivity index (χ1n) is 7.13. The first kappa shape index (κ1) is 15.3. The summed E-state index contributed by atoms with van der Waals surface area (Å²) in [6.45, 7) is 0. The predicted octanol–water partition coefficient (Wildman–Crippen LogP) is 4.08. The summed E-state index contributed by atoms with van der Waals surface area (Å²) in [4.78, 5) is 16.6. The minimum absolute atomic E-state index is 0.118. The Bertz CT molecular complexity index is 847. The van der Waals surface area contributed by atoms with Crippen LogP contribution in [-0.4, -0.2) is 18.0 Å². The standard InChI is InChI=1S/C18H15ClN2O2/c1-23-15-10-13-3-2-8-20-18(13)16(11-15)21-17(22)9-12-4-6-14(19)7-5-12/h2-8,10-11H,9H2,1H3,(H,21,22). The molecular weight excluding hydrogens is 312 g/mol. The topological polar surface area (TPSA) is 51.2 Å². The van der Waals surface area contributed by atoms with Crippen molar-refractivity contribution in [3.05, 3.63) is 65.3 Å². The first-order valence-corrected chi connectivity index (χ1v) is 7.50. The van der Waals surface area contributed by atoms with E-state index in [1.54, 1.807) is 31.5 Å². The first-order chi connectivity index (χ1) is 11.2. The lowest BCUT2D eigenvalue weighted by molar-refractivity contribution is -0.115. The van der Waals surface area contributed by atoms with Crippen LogP contribution in [-0.2, 0) is 11.2 Å². The van der Waals surface area contributed by atoms with E-state index in [1.807, 2.05) is 30.3 Å². The molecule has 0 radical (unpaired) electrons. The molecule has 1 amide bonds. The second-order valence-corrected chi connectivity index (χ2v) is 5.54. The van der Waals surface area contributed by atoms with Gasteiger partial charge >= 0.3 is 0 Å². The fraction of sp³-hybridized carbons (Fsp3) is 0.111. The Morgan fingerprint density at radius 3 is 2.74 bits per heavy atom. The van der Waals surface area contributed by atoms with Crippen molar-refractivity contribution in [2.45, 2.75) is 6.42 Å². The third-order valence-corrected chi connectivity index (χ3v) is 3.72. The van der Waals surface area contributed by atoms with Crippen molar-refractivity contribution in [3.8, 4) is 5.75 Å². The van der Waals surface area contributed by atoms with Gasteiger partial charge in [0.25, 0.3) is 0 Å². The van der Waals surface area contributed by atoms with Gasteiger partial charge in [0.05, 0.1) is 24.7 Å². The number of benzene rings is 2. The molecule has 2 aromatic carbocycles. The second-order valence-electron chi connectivity index (χ2n) is 5.10. The molecule has 1 aromatic heterocycles. The van der Waals surface area contributed by atoms with Gasteiger partial charge in [-0.2, -0.15) is 0 Å². The largest absolute Gasteiger partial charge is 0.497 e. The maximum absolute atomic E-state index is 12.3. The van der Waals surface area contributed by atoms with Crippen LogP contribution >= 0.6 is 11.6 Å². The molecule has 4 nitrogen and oxygen atoms in total. The van der Waals surface area contributed by atoms with E-state index in [4.69, 9.17) is 16.3 Å². The maximum Gasteiger partial charge on any atom is 0.228 e. The summed E-state index contributed by atoms with van der Waals surface area (Å²) < 4.78 is 5.28. The predicted molar refractivity (Wildman–Crippen MR) is 92.1 cm³/mol. The summed E-state index contributed by atoms with van der Waals surface area (Å²) in [7, 11) is 1.59. The number of carbonyl (C=O) groups excluding carboxylic acids is 1. The van der Waals surface area contributed by atoms with Crippen molar-refractivity contribution in [2.24, 2.45) is 0 Å². The number of nitrogens with zero attached hydrogens (tertiary/aromatic N) is 1. The average molecular weight is 327 g/mol. The number of methoxy groups -OCH3 is 1. The zero-order valence-electron chi connectivity index (χ0n) is 12.5. The van der Waals surface area contributed by atoms with Gasteiger partial charge in [-0.05, 0) is 29.8 Å². The zero-order chi connectivity index (χ0) is 16.2. The Labute approximate surface area is 139 Å². The van der Waals surface area contributed by atoms with Gasteiger partial charge < -0.3 is 10.1 Å². The van der Waals surface area contributed by atoms with Crippen LogP contribution in [0, 0.1) is 0 Å². The van der Waals surface area contributed by atoms with Crippen LogP contribution in [0.25, 0.3) is 10.9 Å². The molecule has 0 aliphatic rings. The molecule has 0 unspecified atom stereocenters. The molecule has 5 heteroatoms. The molecule has 3 rings (SSSR count). The third kappa shape index (κ3) is 3.60. The Morgan fingerprint density at radius 1 is 1.22 bits per heavy atom. The number of nitrogens with one attached hydrogen (secondary N) is 1. The van der Waals surface area contributed by atoms with Crippen molar-refractivity contribution in [1.82, 2.24) is 4.98 Å². The molecule has 0 fully saturated rings. The number of rotatable bonds is 4. The number of hydrogen-bond acceptors (Lipinski definition) is 3. The van der Waals surface area contributed by atoms with E-state index in [-0.39, 0.29) is 12.3 Å². The number of hydrogen-bond donors (Lipinski definition) is 1. The van der Waals surface area contributed by atoms with Crippen molar-refractivity contribution in [3.63, 3.8) is 0 Å². The van der Waals surface area contributed by atoms with Crippen LogP contribution in [0.3, 0.4) is 0 Å². The molecule has 0 bridgehead atoms. The highest BCUT2D eigenvalue weighted by Crippen LogP contribution is 2.27. The molecule has 0 saturated carbocycles. The normalized spacial score (nSPS) is 10.5. The number of pyridine rings is 1. The summed E-state index contributed by atoms with van der Waals surface area (Å²) >= 11 is 5.85. The number of halogens is 1. The smallest absolute Gasteiger partial charge is 0.228 e. The highest BCUT2D eigenvalue weighted by atomic mass is 35.5. The summed E-state index contributed by atoms with van der Waals surface area (Å²) in [5, 5.41) is 4.47. The molecule has 1 N–H and O–H groups in total. The Kier molecular flexibility index (Phi) is 4.44. The van der Waals surface area contributed by atoms with Crippen LogP contribution in [0.2, 0.25) is 5.02 Å². The van der Waals surface area contributed by atoms with Gasteiger partial charge in [-0.1, -0.05) is 29.8 Å². The number of anilines is 1. The van der Waals surface area contributed by atoms with E-state index in [9.17, 15) is 4.79 Å². The zero-order valence-corrected chi connectivity index (χ0v) is 13.3. The monoisotopic (exact) mass is 326 g/mol. The molecule has 116 valence electrons. The van der Waals surface area contributed by atoms with Crippen molar-refractivity contribution in [1.29, 1.82) is 0 Å². The van der Waals surface area contributed by atoms with Crippen LogP contribution in [0.4, 0.5) is 5.69 Å². The molecule has 0 aliphatic heterocycles. The SMILES string of the molecule is COc1cc(NC(=O)Cc2ccc(Cl)cc2)c2ncccc2c1. The van der Waals surface area contributed by atoms with E-state index < -0.39 is 0 Å². The van der Waals surface area contributed by atoms with Gasteiger partial charge in [0.1, 0.15) is 5.75 Å². The minimum Gasteiger partial charge on any atom is -0.497 e. The van der Waals surface area contributed by atoms with Gasteiger partial charge in [-0.3, -0.25) is 9.78 Å². The maximum atomic E-state index is 12.3. The van der Waals surface area contributed by atoms with Crippen LogP contribution in [0.1, 0.15) is 5.56 Å². The van der Waals surface area contributed by atoms with Crippen LogP contribution in [0.15, 0.2) is 54.7 Å².